The fourth-order valence-electron chi connectivity index (χ4n) is 4.62. The van der Waals surface area contributed by atoms with Crippen LogP contribution >= 0.6 is 23.1 Å². The van der Waals surface area contributed by atoms with Crippen LogP contribution in [0.2, 0.25) is 0 Å². The summed E-state index contributed by atoms with van der Waals surface area (Å²) in [4.78, 5) is 29.9. The van der Waals surface area contributed by atoms with Gasteiger partial charge in [0.2, 0.25) is 5.91 Å². The fourth-order valence-corrected chi connectivity index (χ4v) is 6.79. The number of carbonyl (C=O) groups excluding carboxylic acids is 2. The highest BCUT2D eigenvalue weighted by molar-refractivity contribution is 8.00. The van der Waals surface area contributed by atoms with Crippen LogP contribution in [0.15, 0.2) is 89.8 Å². The molecule has 0 bridgehead atoms. The third-order valence-corrected chi connectivity index (χ3v) is 8.87. The molecule has 7 nitrogen and oxygen atoms in total. The smallest absolute Gasteiger partial charge is 0.262 e. The Morgan fingerprint density at radius 3 is 2.56 bits per heavy atom. The number of fused-ring (bicyclic) bond motifs is 1. The Morgan fingerprint density at radius 1 is 1.05 bits per heavy atom. The van der Waals surface area contributed by atoms with Crippen molar-refractivity contribution in [3.63, 3.8) is 0 Å². The molecule has 3 aromatic carbocycles. The van der Waals surface area contributed by atoms with Crippen molar-refractivity contribution in [3.05, 3.63) is 106 Å². The summed E-state index contributed by atoms with van der Waals surface area (Å²) in [6.07, 6.45) is 0.788. The molecule has 0 spiro atoms. The first-order valence-corrected chi connectivity index (χ1v) is 15.0. The summed E-state index contributed by atoms with van der Waals surface area (Å²) in [7, 11) is 0. The monoisotopic (exact) mass is 582 g/mol. The minimum atomic E-state index is -0.414. The van der Waals surface area contributed by atoms with Crippen LogP contribution in [0.25, 0.3) is 0 Å². The number of ether oxygens (including phenoxy) is 1. The highest BCUT2D eigenvalue weighted by Gasteiger charge is 2.26. The number of nitriles is 1. The zero-order chi connectivity index (χ0) is 28.6. The van der Waals surface area contributed by atoms with E-state index in [1.807, 2.05) is 61.5 Å². The van der Waals surface area contributed by atoms with Crippen molar-refractivity contribution in [1.29, 1.82) is 5.26 Å². The number of nitrogens with one attached hydrogen (secondary N) is 2. The normalized spacial score (nSPS) is 13.5. The lowest BCUT2D eigenvalue weighted by atomic mass is 10.0. The van der Waals surface area contributed by atoms with Crippen molar-refractivity contribution in [2.75, 3.05) is 23.8 Å². The van der Waals surface area contributed by atoms with Gasteiger partial charge in [-0.05, 0) is 54.8 Å². The topological polar surface area (TPSA) is 94.5 Å². The quantitative estimate of drug-likeness (QED) is 0.213. The maximum absolute atomic E-state index is 13.2. The van der Waals surface area contributed by atoms with Gasteiger partial charge in [0.15, 0.2) is 6.61 Å². The SMILES string of the molecule is CC(Sc1cccc(NC(=O)COc2ccccc2)c1)C(=O)Nc1sc2c(c1C#N)CCN(Cc1ccccc1)C2. The number of amides is 2. The molecule has 2 heterocycles. The van der Waals surface area contributed by atoms with Crippen LogP contribution in [0.1, 0.15) is 28.5 Å². The fraction of sp³-hybridized carbons (Fsp3) is 0.219. The van der Waals surface area contributed by atoms with Gasteiger partial charge in [-0.25, -0.2) is 0 Å². The molecule has 1 atom stereocenters. The number of hydrogen-bond donors (Lipinski definition) is 2. The lowest BCUT2D eigenvalue weighted by molar-refractivity contribution is -0.118. The first-order valence-electron chi connectivity index (χ1n) is 13.3. The van der Waals surface area contributed by atoms with Crippen molar-refractivity contribution in [3.8, 4) is 11.8 Å². The molecule has 2 N–H and O–H groups in total. The highest BCUT2D eigenvalue weighted by Crippen LogP contribution is 2.37. The lowest BCUT2D eigenvalue weighted by Crippen LogP contribution is -2.29. The first-order chi connectivity index (χ1) is 20.0. The van der Waals surface area contributed by atoms with Crippen molar-refractivity contribution >= 4 is 45.6 Å². The number of carbonyl (C=O) groups is 2. The minimum absolute atomic E-state index is 0.101. The van der Waals surface area contributed by atoms with E-state index in [0.29, 0.717) is 22.0 Å². The van der Waals surface area contributed by atoms with E-state index >= 15 is 0 Å². The molecule has 0 saturated heterocycles. The molecule has 9 heteroatoms. The molecule has 1 aliphatic rings. The molecule has 0 saturated carbocycles. The summed E-state index contributed by atoms with van der Waals surface area (Å²) in [6.45, 7) is 4.22. The predicted octanol–water partition coefficient (Wildman–Crippen LogP) is 6.31. The number of thiophene rings is 1. The average molecular weight is 583 g/mol. The van der Waals surface area contributed by atoms with Crippen LogP contribution in [0.3, 0.4) is 0 Å². The second-order valence-corrected chi connectivity index (χ2v) is 12.2. The van der Waals surface area contributed by atoms with Crippen LogP contribution in [-0.2, 0) is 29.1 Å². The molecule has 1 aliphatic heterocycles. The Bertz CT molecular complexity index is 1550. The number of anilines is 2. The van der Waals surface area contributed by atoms with Crippen molar-refractivity contribution < 1.29 is 14.3 Å². The predicted molar refractivity (Wildman–Crippen MR) is 164 cm³/mol. The van der Waals surface area contributed by atoms with Crippen molar-refractivity contribution in [2.45, 2.75) is 36.6 Å². The molecule has 0 radical (unpaired) electrons. The van der Waals surface area contributed by atoms with Gasteiger partial charge in [0.25, 0.3) is 5.91 Å². The third-order valence-electron chi connectivity index (χ3n) is 6.65. The number of thioether (sulfide) groups is 1. The molecule has 0 fully saturated rings. The number of hydrogen-bond acceptors (Lipinski definition) is 7. The van der Waals surface area contributed by atoms with Gasteiger partial charge in [-0.15, -0.1) is 23.1 Å². The van der Waals surface area contributed by atoms with E-state index in [-0.39, 0.29) is 18.4 Å². The Labute approximate surface area is 248 Å². The van der Waals surface area contributed by atoms with E-state index in [2.05, 4.69) is 33.7 Å². The maximum Gasteiger partial charge on any atom is 0.262 e. The summed E-state index contributed by atoms with van der Waals surface area (Å²) >= 11 is 2.89. The molecule has 208 valence electrons. The maximum atomic E-state index is 13.2. The summed E-state index contributed by atoms with van der Waals surface area (Å²) in [5, 5.41) is 16.0. The Hall–Kier alpha value is -4.10. The summed E-state index contributed by atoms with van der Waals surface area (Å²) < 4.78 is 5.51. The van der Waals surface area contributed by atoms with Gasteiger partial charge in [0.05, 0.1) is 10.8 Å². The average Bonchev–Trinajstić information content (AvgIpc) is 3.33. The number of para-hydroxylation sites is 1. The lowest BCUT2D eigenvalue weighted by Gasteiger charge is -2.26. The Morgan fingerprint density at radius 2 is 1.80 bits per heavy atom. The van der Waals surface area contributed by atoms with Crippen molar-refractivity contribution in [1.82, 2.24) is 4.90 Å². The van der Waals surface area contributed by atoms with E-state index in [4.69, 9.17) is 4.74 Å². The second kappa shape index (κ2) is 13.5. The van der Waals surface area contributed by atoms with E-state index in [0.717, 1.165) is 41.4 Å². The second-order valence-electron chi connectivity index (χ2n) is 9.69. The van der Waals surface area contributed by atoms with E-state index in [9.17, 15) is 14.9 Å². The Balaban J connectivity index is 1.17. The van der Waals surface area contributed by atoms with Crippen molar-refractivity contribution in [2.24, 2.45) is 0 Å². The van der Waals surface area contributed by atoms with Crippen LogP contribution in [-0.4, -0.2) is 35.1 Å². The van der Waals surface area contributed by atoms with Gasteiger partial charge >= 0.3 is 0 Å². The van der Waals surface area contributed by atoms with Crippen LogP contribution < -0.4 is 15.4 Å². The third kappa shape index (κ3) is 7.55. The van der Waals surface area contributed by atoms with E-state index in [1.165, 1.54) is 28.7 Å². The number of benzene rings is 3. The summed E-state index contributed by atoms with van der Waals surface area (Å²) in [5.41, 5.74) is 3.52. The van der Waals surface area contributed by atoms with Crippen LogP contribution in [0, 0.1) is 11.3 Å². The van der Waals surface area contributed by atoms with Gasteiger partial charge in [0, 0.05) is 35.1 Å². The molecule has 0 aliphatic carbocycles. The van der Waals surface area contributed by atoms with Crippen LogP contribution in [0.4, 0.5) is 10.7 Å². The Kier molecular flexibility index (Phi) is 9.36. The molecule has 1 unspecified atom stereocenters. The molecule has 5 rings (SSSR count). The largest absolute Gasteiger partial charge is 0.484 e. The number of nitrogens with zero attached hydrogens (tertiary/aromatic N) is 2. The standard InChI is InChI=1S/C32H30N4O3S2/c1-22(40-26-14-8-11-24(17-26)34-30(37)21-39-25-12-6-3-7-13-25)31(38)35-32-28(18-33)27-15-16-36(20-29(27)41-32)19-23-9-4-2-5-10-23/h2-14,17,22H,15-16,19-21H2,1H3,(H,34,37)(H,35,38). The number of rotatable bonds is 10. The molecular weight excluding hydrogens is 553 g/mol. The molecular formula is C32H30N4O3S2. The van der Waals surface area contributed by atoms with Gasteiger partial charge in [-0.1, -0.05) is 54.6 Å². The zero-order valence-electron chi connectivity index (χ0n) is 22.6. The first kappa shape index (κ1) is 28.4. The van der Waals surface area contributed by atoms with E-state index < -0.39 is 5.25 Å². The van der Waals surface area contributed by atoms with Gasteiger partial charge < -0.3 is 15.4 Å². The summed E-state index contributed by atoms with van der Waals surface area (Å²) in [5.74, 6) is 0.189. The van der Waals surface area contributed by atoms with Gasteiger partial charge in [-0.3, -0.25) is 14.5 Å². The molecule has 1 aromatic heterocycles. The minimum Gasteiger partial charge on any atom is -0.484 e. The molecule has 4 aromatic rings. The van der Waals surface area contributed by atoms with Gasteiger partial charge in [-0.2, -0.15) is 5.26 Å². The molecule has 2 amide bonds. The highest BCUT2D eigenvalue weighted by atomic mass is 32.2. The van der Waals surface area contributed by atoms with Gasteiger partial charge in [0.1, 0.15) is 16.8 Å². The molecule has 41 heavy (non-hydrogen) atoms. The summed E-state index contributed by atoms with van der Waals surface area (Å²) in [6, 6.07) is 29.2. The van der Waals surface area contributed by atoms with E-state index in [1.54, 1.807) is 18.2 Å². The zero-order valence-corrected chi connectivity index (χ0v) is 24.3. The van der Waals surface area contributed by atoms with Crippen LogP contribution in [0.5, 0.6) is 5.75 Å².